The van der Waals surface area contributed by atoms with Gasteiger partial charge in [0.2, 0.25) is 5.88 Å². The SMILES string of the molecule is CCOC1CC(NC(=NC)NCc2cccnc2OCCOC)C1(CC)CC. The van der Waals surface area contributed by atoms with E-state index in [-0.39, 0.29) is 5.41 Å². The zero-order chi connectivity index (χ0) is 20.4. The fourth-order valence-electron chi connectivity index (χ4n) is 4.03. The van der Waals surface area contributed by atoms with Gasteiger partial charge in [-0.05, 0) is 32.3 Å². The van der Waals surface area contributed by atoms with Crippen LogP contribution in [0, 0.1) is 5.41 Å². The van der Waals surface area contributed by atoms with Gasteiger partial charge in [0.25, 0.3) is 0 Å². The predicted octanol–water partition coefficient (Wildman–Crippen LogP) is 2.76. The van der Waals surface area contributed by atoms with Crippen LogP contribution >= 0.6 is 0 Å². The molecule has 7 nitrogen and oxygen atoms in total. The lowest BCUT2D eigenvalue weighted by atomic mass is 9.58. The minimum Gasteiger partial charge on any atom is -0.475 e. The lowest BCUT2D eigenvalue weighted by molar-refractivity contribution is -0.133. The van der Waals surface area contributed by atoms with Crippen molar-refractivity contribution in [3.8, 4) is 5.88 Å². The van der Waals surface area contributed by atoms with Gasteiger partial charge in [0.1, 0.15) is 6.61 Å². The fourth-order valence-corrected chi connectivity index (χ4v) is 4.03. The molecule has 1 aromatic heterocycles. The van der Waals surface area contributed by atoms with Gasteiger partial charge >= 0.3 is 0 Å². The Morgan fingerprint density at radius 1 is 1.29 bits per heavy atom. The van der Waals surface area contributed by atoms with Gasteiger partial charge < -0.3 is 24.8 Å². The number of methoxy groups -OCH3 is 1. The lowest BCUT2D eigenvalue weighted by Crippen LogP contribution is -2.65. The van der Waals surface area contributed by atoms with E-state index in [1.807, 2.05) is 12.1 Å². The molecule has 0 aliphatic heterocycles. The molecule has 1 fully saturated rings. The first kappa shape index (κ1) is 22.4. The van der Waals surface area contributed by atoms with Crippen LogP contribution < -0.4 is 15.4 Å². The number of rotatable bonds is 11. The van der Waals surface area contributed by atoms with Crippen LogP contribution in [0.5, 0.6) is 5.88 Å². The molecule has 1 saturated carbocycles. The van der Waals surface area contributed by atoms with E-state index in [0.29, 0.717) is 37.8 Å². The van der Waals surface area contributed by atoms with Gasteiger partial charge in [0.05, 0.1) is 12.7 Å². The highest BCUT2D eigenvalue weighted by Crippen LogP contribution is 2.48. The largest absolute Gasteiger partial charge is 0.475 e. The number of aromatic nitrogens is 1. The molecule has 2 N–H and O–H groups in total. The Labute approximate surface area is 169 Å². The maximum Gasteiger partial charge on any atom is 0.218 e. The van der Waals surface area contributed by atoms with Crippen LogP contribution in [0.3, 0.4) is 0 Å². The first-order chi connectivity index (χ1) is 13.6. The van der Waals surface area contributed by atoms with E-state index in [9.17, 15) is 0 Å². The summed E-state index contributed by atoms with van der Waals surface area (Å²) in [7, 11) is 3.45. The van der Waals surface area contributed by atoms with Crippen molar-refractivity contribution in [3.05, 3.63) is 23.9 Å². The third-order valence-corrected chi connectivity index (χ3v) is 5.83. The zero-order valence-electron chi connectivity index (χ0n) is 18.0. The number of guanidine groups is 1. The molecular formula is C21H36N4O3. The van der Waals surface area contributed by atoms with Crippen LogP contribution in [-0.4, -0.2) is 57.1 Å². The van der Waals surface area contributed by atoms with Gasteiger partial charge in [-0.15, -0.1) is 0 Å². The van der Waals surface area contributed by atoms with E-state index >= 15 is 0 Å². The molecule has 7 heteroatoms. The molecule has 28 heavy (non-hydrogen) atoms. The van der Waals surface area contributed by atoms with Gasteiger partial charge in [-0.1, -0.05) is 19.9 Å². The minimum absolute atomic E-state index is 0.163. The highest BCUT2D eigenvalue weighted by Gasteiger charge is 2.53. The van der Waals surface area contributed by atoms with E-state index < -0.39 is 0 Å². The Kier molecular flexibility index (Phi) is 8.99. The minimum atomic E-state index is 0.163. The number of aliphatic imine (C=N–C) groups is 1. The van der Waals surface area contributed by atoms with Crippen LogP contribution in [0.1, 0.15) is 45.6 Å². The standard InChI is InChI=1S/C21H36N4O3/c1-6-21(7-2)17(14-18(21)27-8-3)25-20(22-4)24-15-16-10-9-11-23-19(16)28-13-12-26-5/h9-11,17-18H,6-8,12-15H2,1-5H3,(H2,22,24,25). The van der Waals surface area contributed by atoms with Crippen molar-refractivity contribution in [2.45, 2.75) is 58.7 Å². The molecule has 2 unspecified atom stereocenters. The van der Waals surface area contributed by atoms with Crippen molar-refractivity contribution in [2.24, 2.45) is 10.4 Å². The Hall–Kier alpha value is -1.86. The monoisotopic (exact) mass is 392 g/mol. The van der Waals surface area contributed by atoms with Gasteiger partial charge in [-0.25, -0.2) is 4.98 Å². The van der Waals surface area contributed by atoms with Gasteiger partial charge in [0.15, 0.2) is 5.96 Å². The molecule has 1 heterocycles. The van der Waals surface area contributed by atoms with Crippen molar-refractivity contribution in [1.82, 2.24) is 15.6 Å². The molecule has 0 saturated heterocycles. The van der Waals surface area contributed by atoms with E-state index in [1.165, 1.54) is 0 Å². The first-order valence-electron chi connectivity index (χ1n) is 10.3. The third-order valence-electron chi connectivity index (χ3n) is 5.83. The number of nitrogens with one attached hydrogen (secondary N) is 2. The summed E-state index contributed by atoms with van der Waals surface area (Å²) in [5.74, 6) is 1.41. The smallest absolute Gasteiger partial charge is 0.218 e. The van der Waals surface area contributed by atoms with Crippen LogP contribution in [0.4, 0.5) is 0 Å². The van der Waals surface area contributed by atoms with Crippen LogP contribution in [0.15, 0.2) is 23.3 Å². The van der Waals surface area contributed by atoms with E-state index in [1.54, 1.807) is 20.4 Å². The van der Waals surface area contributed by atoms with Crippen LogP contribution in [0.25, 0.3) is 0 Å². The van der Waals surface area contributed by atoms with Crippen molar-refractivity contribution < 1.29 is 14.2 Å². The normalized spacial score (nSPS) is 21.1. The molecule has 2 atom stereocenters. The summed E-state index contributed by atoms with van der Waals surface area (Å²) >= 11 is 0. The molecule has 0 amide bonds. The Morgan fingerprint density at radius 2 is 2.07 bits per heavy atom. The molecule has 0 bridgehead atoms. The number of hydrogen-bond acceptors (Lipinski definition) is 5. The topological polar surface area (TPSA) is 77.0 Å². The molecule has 158 valence electrons. The van der Waals surface area contributed by atoms with E-state index in [4.69, 9.17) is 14.2 Å². The van der Waals surface area contributed by atoms with Crippen LogP contribution in [-0.2, 0) is 16.0 Å². The Morgan fingerprint density at radius 3 is 2.71 bits per heavy atom. The average Bonchev–Trinajstić information content (AvgIpc) is 2.71. The summed E-state index contributed by atoms with van der Waals surface area (Å²) in [4.78, 5) is 8.74. The third kappa shape index (κ3) is 5.14. The van der Waals surface area contributed by atoms with Crippen molar-refractivity contribution >= 4 is 5.96 Å². The molecule has 1 aromatic rings. The molecule has 0 radical (unpaired) electrons. The highest BCUT2D eigenvalue weighted by molar-refractivity contribution is 5.80. The quantitative estimate of drug-likeness (QED) is 0.343. The number of pyridine rings is 1. The second-order valence-corrected chi connectivity index (χ2v) is 7.05. The lowest BCUT2D eigenvalue weighted by Gasteiger charge is -2.55. The zero-order valence-corrected chi connectivity index (χ0v) is 18.0. The highest BCUT2D eigenvalue weighted by atomic mass is 16.5. The molecule has 1 aliphatic carbocycles. The van der Waals surface area contributed by atoms with Crippen molar-refractivity contribution in [1.29, 1.82) is 0 Å². The second-order valence-electron chi connectivity index (χ2n) is 7.05. The van der Waals surface area contributed by atoms with Gasteiger partial charge in [0, 0.05) is 50.5 Å². The van der Waals surface area contributed by atoms with Gasteiger partial charge in [-0.3, -0.25) is 4.99 Å². The summed E-state index contributed by atoms with van der Waals surface area (Å²) < 4.78 is 16.7. The number of hydrogen-bond donors (Lipinski definition) is 2. The van der Waals surface area contributed by atoms with Crippen LogP contribution in [0.2, 0.25) is 0 Å². The first-order valence-corrected chi connectivity index (χ1v) is 10.3. The average molecular weight is 393 g/mol. The number of nitrogens with zero attached hydrogens (tertiary/aromatic N) is 2. The summed E-state index contributed by atoms with van der Waals surface area (Å²) in [5.41, 5.74) is 1.15. The second kappa shape index (κ2) is 11.2. The van der Waals surface area contributed by atoms with Gasteiger partial charge in [-0.2, -0.15) is 0 Å². The maximum absolute atomic E-state index is 5.98. The Balaban J connectivity index is 1.95. The van der Waals surface area contributed by atoms with Crippen molar-refractivity contribution in [3.63, 3.8) is 0 Å². The number of ether oxygens (including phenoxy) is 3. The Bertz CT molecular complexity index is 619. The molecule has 0 spiro atoms. The molecule has 0 aromatic carbocycles. The van der Waals surface area contributed by atoms with E-state index in [0.717, 1.165) is 37.4 Å². The molecule has 1 aliphatic rings. The predicted molar refractivity (Wildman–Crippen MR) is 112 cm³/mol. The molecular weight excluding hydrogens is 356 g/mol. The summed E-state index contributed by atoms with van der Waals surface area (Å²) in [6.07, 6.45) is 5.24. The molecule has 2 rings (SSSR count). The summed E-state index contributed by atoms with van der Waals surface area (Å²) in [6, 6.07) is 4.28. The summed E-state index contributed by atoms with van der Waals surface area (Å²) in [6.45, 7) is 8.92. The van der Waals surface area contributed by atoms with E-state index in [2.05, 4.69) is 41.4 Å². The van der Waals surface area contributed by atoms with Crippen molar-refractivity contribution in [2.75, 3.05) is 34.0 Å². The maximum atomic E-state index is 5.98. The fraction of sp³-hybridized carbons (Fsp3) is 0.714. The summed E-state index contributed by atoms with van der Waals surface area (Å²) in [5, 5.41) is 7.00.